The van der Waals surface area contributed by atoms with Gasteiger partial charge in [-0.1, -0.05) is 32.9 Å². The molecule has 2 aliphatic rings. The van der Waals surface area contributed by atoms with Gasteiger partial charge in [0.2, 0.25) is 0 Å². The van der Waals surface area contributed by atoms with E-state index in [1.807, 2.05) is 37.8 Å². The summed E-state index contributed by atoms with van der Waals surface area (Å²) in [7, 11) is 1.52. The molecule has 1 atom stereocenters. The smallest absolute Gasteiger partial charge is 0.407 e. The number of methoxy groups -OCH3 is 1. The molecule has 1 unspecified atom stereocenters. The van der Waals surface area contributed by atoms with E-state index in [0.717, 1.165) is 0 Å². The third-order valence-corrected chi connectivity index (χ3v) is 7.27. The Morgan fingerprint density at radius 2 is 1.89 bits per heavy atom. The van der Waals surface area contributed by atoms with Crippen LogP contribution in [0.25, 0.3) is 22.2 Å². The Morgan fingerprint density at radius 1 is 1.16 bits per heavy atom. The lowest BCUT2D eigenvalue weighted by molar-refractivity contribution is -0.121. The highest BCUT2D eigenvalue weighted by atomic mass is 19.3. The molecule has 2 fully saturated rings. The molecule has 1 spiro atoms. The number of benzene rings is 2. The van der Waals surface area contributed by atoms with Crippen LogP contribution in [0.1, 0.15) is 32.8 Å². The molecule has 1 aromatic heterocycles. The van der Waals surface area contributed by atoms with Crippen molar-refractivity contribution in [3.63, 3.8) is 0 Å². The number of nitrogens with zero attached hydrogens (tertiary/aromatic N) is 4. The molecular formula is C27H30F2N4O4. The van der Waals surface area contributed by atoms with E-state index in [-0.39, 0.29) is 29.2 Å². The number of fused-ring (bicyclic) bond motifs is 1. The molecule has 0 radical (unpaired) electrons. The highest BCUT2D eigenvalue weighted by Gasteiger charge is 2.64. The van der Waals surface area contributed by atoms with Crippen LogP contribution in [0, 0.1) is 10.8 Å². The standard InChI is InChI=1S/C27H30F2N4O4/c1-26(2,3)24-27(14-33(24)25(34)35)12-32(13-27)16-9-19(23(28)29)18-11-21(31-30-20(18)10-16)17-7-5-6-8-22(17)37-15-36-4/h5-11,23-24H,12-15H2,1-4H3,(H,34,35). The minimum atomic E-state index is -2.71. The maximum absolute atomic E-state index is 14.3. The van der Waals surface area contributed by atoms with Gasteiger partial charge in [-0.15, -0.1) is 10.2 Å². The Hall–Kier alpha value is -3.53. The SMILES string of the molecule is COCOc1ccccc1-c1cc2c(C(F)F)cc(N3CC4(C3)CN(C(=O)O)C4C(C)(C)C)cc2nn1. The van der Waals surface area contributed by atoms with Gasteiger partial charge in [-0.2, -0.15) is 0 Å². The first-order valence-corrected chi connectivity index (χ1v) is 12.1. The fourth-order valence-electron chi connectivity index (χ4n) is 6.05. The Morgan fingerprint density at radius 3 is 2.54 bits per heavy atom. The summed E-state index contributed by atoms with van der Waals surface area (Å²) in [4.78, 5) is 15.2. The van der Waals surface area contributed by atoms with Crippen LogP contribution in [0.15, 0.2) is 42.5 Å². The summed E-state index contributed by atoms with van der Waals surface area (Å²) in [6.45, 7) is 7.80. The fraction of sp³-hybridized carbons (Fsp3) is 0.444. The van der Waals surface area contributed by atoms with Crippen LogP contribution in [0.5, 0.6) is 5.75 Å². The van der Waals surface area contributed by atoms with Gasteiger partial charge in [0.25, 0.3) is 6.43 Å². The van der Waals surface area contributed by atoms with Crippen molar-refractivity contribution in [3.8, 4) is 17.0 Å². The molecule has 8 nitrogen and oxygen atoms in total. The van der Waals surface area contributed by atoms with E-state index in [0.29, 0.717) is 53.2 Å². The van der Waals surface area contributed by atoms with Gasteiger partial charge < -0.3 is 24.4 Å². The summed E-state index contributed by atoms with van der Waals surface area (Å²) in [6, 6.07) is 11.9. The zero-order chi connectivity index (χ0) is 26.5. The normalized spacial score (nSPS) is 18.7. The molecule has 196 valence electrons. The van der Waals surface area contributed by atoms with Gasteiger partial charge in [0.15, 0.2) is 6.79 Å². The molecule has 5 rings (SSSR count). The first kappa shape index (κ1) is 25.1. The molecule has 2 saturated heterocycles. The second kappa shape index (κ2) is 9.09. The van der Waals surface area contributed by atoms with Gasteiger partial charge >= 0.3 is 6.09 Å². The fourth-order valence-corrected chi connectivity index (χ4v) is 6.05. The number of carboxylic acid groups (broad SMARTS) is 1. The lowest BCUT2D eigenvalue weighted by Gasteiger charge is -2.68. The number of amides is 1. The monoisotopic (exact) mass is 512 g/mol. The van der Waals surface area contributed by atoms with Gasteiger partial charge in [-0.25, -0.2) is 13.6 Å². The number of rotatable bonds is 6. The van der Waals surface area contributed by atoms with Gasteiger partial charge in [0, 0.05) is 54.4 Å². The number of carbonyl (C=O) groups is 1. The molecule has 2 aliphatic heterocycles. The first-order valence-electron chi connectivity index (χ1n) is 12.1. The summed E-state index contributed by atoms with van der Waals surface area (Å²) >= 11 is 0. The zero-order valence-electron chi connectivity index (χ0n) is 21.2. The van der Waals surface area contributed by atoms with E-state index in [9.17, 15) is 18.7 Å². The Balaban J connectivity index is 1.46. The van der Waals surface area contributed by atoms with E-state index >= 15 is 0 Å². The van der Waals surface area contributed by atoms with E-state index in [2.05, 4.69) is 10.2 Å². The van der Waals surface area contributed by atoms with Crippen molar-refractivity contribution in [2.24, 2.45) is 10.8 Å². The second-order valence-corrected chi connectivity index (χ2v) is 10.9. The number of hydrogen-bond acceptors (Lipinski definition) is 6. The highest BCUT2D eigenvalue weighted by molar-refractivity contribution is 5.89. The Bertz CT molecular complexity index is 1340. The maximum atomic E-state index is 14.3. The van der Waals surface area contributed by atoms with Crippen molar-refractivity contribution in [2.45, 2.75) is 33.2 Å². The lowest BCUT2D eigenvalue weighted by Crippen LogP contribution is -2.81. The Kier molecular flexibility index (Phi) is 6.18. The number of halogens is 2. The van der Waals surface area contributed by atoms with E-state index in [1.54, 1.807) is 24.3 Å². The first-order chi connectivity index (χ1) is 17.5. The molecule has 10 heteroatoms. The van der Waals surface area contributed by atoms with Crippen LogP contribution in [-0.4, -0.2) is 65.9 Å². The lowest BCUT2D eigenvalue weighted by atomic mass is 9.58. The van der Waals surface area contributed by atoms with E-state index in [1.165, 1.54) is 18.1 Å². The van der Waals surface area contributed by atoms with Crippen LogP contribution in [0.2, 0.25) is 0 Å². The zero-order valence-corrected chi connectivity index (χ0v) is 21.2. The molecule has 3 heterocycles. The quantitative estimate of drug-likeness (QED) is 0.441. The van der Waals surface area contributed by atoms with Crippen LogP contribution in [-0.2, 0) is 4.74 Å². The predicted octanol–water partition coefficient (Wildman–Crippen LogP) is 5.43. The van der Waals surface area contributed by atoms with Gasteiger partial charge in [-0.05, 0) is 35.7 Å². The molecule has 2 aromatic carbocycles. The predicted molar refractivity (Wildman–Crippen MR) is 135 cm³/mol. The van der Waals surface area contributed by atoms with Crippen LogP contribution >= 0.6 is 0 Å². The number of alkyl halides is 2. The number of para-hydroxylation sites is 1. The van der Waals surface area contributed by atoms with Gasteiger partial charge in [0.1, 0.15) is 5.75 Å². The molecule has 3 aromatic rings. The Labute approximate surface area is 213 Å². The second-order valence-electron chi connectivity index (χ2n) is 10.9. The molecule has 1 N–H and O–H groups in total. The van der Waals surface area contributed by atoms with Crippen molar-refractivity contribution in [3.05, 3.63) is 48.0 Å². The number of anilines is 1. The summed E-state index contributed by atoms with van der Waals surface area (Å²) in [5, 5.41) is 18.5. The van der Waals surface area contributed by atoms with Crippen LogP contribution in [0.3, 0.4) is 0 Å². The average Bonchev–Trinajstić information content (AvgIpc) is 2.79. The summed E-state index contributed by atoms with van der Waals surface area (Å²) in [5.74, 6) is 0.517. The summed E-state index contributed by atoms with van der Waals surface area (Å²) < 4.78 is 39.1. The van der Waals surface area contributed by atoms with Crippen molar-refractivity contribution >= 4 is 22.7 Å². The molecular weight excluding hydrogens is 482 g/mol. The van der Waals surface area contributed by atoms with Crippen molar-refractivity contribution in [1.29, 1.82) is 0 Å². The molecule has 37 heavy (non-hydrogen) atoms. The highest BCUT2D eigenvalue weighted by Crippen LogP contribution is 2.53. The van der Waals surface area contributed by atoms with Crippen LogP contribution in [0.4, 0.5) is 19.3 Å². The molecule has 0 bridgehead atoms. The third kappa shape index (κ3) is 4.33. The van der Waals surface area contributed by atoms with E-state index < -0.39 is 12.5 Å². The minimum absolute atomic E-state index is 0.0429. The van der Waals surface area contributed by atoms with Crippen molar-refractivity contribution < 1.29 is 28.2 Å². The number of aromatic nitrogens is 2. The van der Waals surface area contributed by atoms with Crippen molar-refractivity contribution in [1.82, 2.24) is 15.1 Å². The van der Waals surface area contributed by atoms with Crippen LogP contribution < -0.4 is 9.64 Å². The minimum Gasteiger partial charge on any atom is -0.467 e. The van der Waals surface area contributed by atoms with E-state index in [4.69, 9.17) is 9.47 Å². The number of likely N-dealkylation sites (tertiary alicyclic amines) is 1. The number of hydrogen-bond donors (Lipinski definition) is 1. The number of ether oxygens (including phenoxy) is 2. The summed E-state index contributed by atoms with van der Waals surface area (Å²) in [6.07, 6.45) is -3.63. The summed E-state index contributed by atoms with van der Waals surface area (Å²) in [5.41, 5.74) is 1.54. The molecule has 0 saturated carbocycles. The van der Waals surface area contributed by atoms with Gasteiger partial charge in [-0.3, -0.25) is 0 Å². The van der Waals surface area contributed by atoms with Gasteiger partial charge in [0.05, 0.1) is 17.3 Å². The largest absolute Gasteiger partial charge is 0.467 e. The maximum Gasteiger partial charge on any atom is 0.407 e. The molecule has 0 aliphatic carbocycles. The average molecular weight is 513 g/mol. The topological polar surface area (TPSA) is 88.0 Å². The third-order valence-electron chi connectivity index (χ3n) is 7.27. The van der Waals surface area contributed by atoms with Crippen molar-refractivity contribution in [2.75, 3.05) is 38.4 Å². The molecule has 1 amide bonds.